The highest BCUT2D eigenvalue weighted by atomic mass is 79.9. The van der Waals surface area contributed by atoms with Gasteiger partial charge in [-0.1, -0.05) is 60.1 Å². The van der Waals surface area contributed by atoms with Crippen molar-refractivity contribution >= 4 is 27.7 Å². The third kappa shape index (κ3) is 6.71. The van der Waals surface area contributed by atoms with E-state index < -0.39 is 6.04 Å². The summed E-state index contributed by atoms with van der Waals surface area (Å²) in [6, 6.07) is 16.1. The molecule has 0 radical (unpaired) electrons. The summed E-state index contributed by atoms with van der Waals surface area (Å²) in [4.78, 5) is 24.9. The molecule has 2 aromatic carbocycles. The molecule has 2 unspecified atom stereocenters. The number of halogens is 1. The molecule has 0 aliphatic heterocycles. The van der Waals surface area contributed by atoms with Crippen molar-refractivity contribution in [1.82, 2.24) is 10.6 Å². The number of benzene rings is 2. The Labute approximate surface area is 168 Å². The maximum absolute atomic E-state index is 12.7. The molecule has 0 aliphatic rings. The second-order valence-corrected chi connectivity index (χ2v) is 7.59. The zero-order chi connectivity index (χ0) is 19.8. The van der Waals surface area contributed by atoms with Crippen LogP contribution in [0, 0.1) is 5.92 Å². The van der Waals surface area contributed by atoms with Crippen molar-refractivity contribution in [2.75, 3.05) is 6.61 Å². The Morgan fingerprint density at radius 3 is 2.19 bits per heavy atom. The molecule has 2 rings (SSSR count). The Balaban J connectivity index is 1.91. The summed E-state index contributed by atoms with van der Waals surface area (Å²) in [6.07, 6.45) is 0. The van der Waals surface area contributed by atoms with Crippen LogP contribution in [0.4, 0.5) is 0 Å². The minimum atomic E-state index is -0.630. The molecule has 2 N–H and O–H groups in total. The van der Waals surface area contributed by atoms with Crippen LogP contribution >= 0.6 is 15.9 Å². The van der Waals surface area contributed by atoms with E-state index in [1.807, 2.05) is 63.2 Å². The molecule has 0 aromatic heterocycles. The lowest BCUT2D eigenvalue weighted by Crippen LogP contribution is -2.51. The number of nitrogens with one attached hydrogen (secondary N) is 2. The Morgan fingerprint density at radius 1 is 0.963 bits per heavy atom. The molecule has 27 heavy (non-hydrogen) atoms. The maximum Gasteiger partial charge on any atom is 0.258 e. The standard InChI is InChI=1S/C21H25BrN2O3/c1-14(2)20(24-19(25)13-27-18-7-5-4-6-8-18)21(26)23-15(3)16-9-11-17(22)12-10-16/h4-12,14-15,20H,13H2,1-3H3,(H,23,26)(H,24,25). The number of hydrogen-bond donors (Lipinski definition) is 2. The number of ether oxygens (including phenoxy) is 1. The minimum absolute atomic E-state index is 0.0530. The fraction of sp³-hybridized carbons (Fsp3) is 0.333. The Morgan fingerprint density at radius 2 is 1.59 bits per heavy atom. The normalized spacial score (nSPS) is 12.9. The van der Waals surface area contributed by atoms with E-state index in [0.717, 1.165) is 10.0 Å². The zero-order valence-electron chi connectivity index (χ0n) is 15.7. The molecule has 5 nitrogen and oxygen atoms in total. The summed E-state index contributed by atoms with van der Waals surface area (Å²) in [5.41, 5.74) is 0.993. The number of rotatable bonds is 8. The fourth-order valence-electron chi connectivity index (χ4n) is 2.55. The van der Waals surface area contributed by atoms with Gasteiger partial charge in [-0.25, -0.2) is 0 Å². The van der Waals surface area contributed by atoms with Crippen LogP contribution < -0.4 is 15.4 Å². The Bertz CT molecular complexity index is 748. The van der Waals surface area contributed by atoms with E-state index in [-0.39, 0.29) is 30.4 Å². The van der Waals surface area contributed by atoms with E-state index >= 15 is 0 Å². The number of amides is 2. The van der Waals surface area contributed by atoms with Crippen LogP contribution in [0.15, 0.2) is 59.1 Å². The van der Waals surface area contributed by atoms with Crippen molar-refractivity contribution in [1.29, 1.82) is 0 Å². The van der Waals surface area contributed by atoms with Crippen LogP contribution in [0.1, 0.15) is 32.4 Å². The van der Waals surface area contributed by atoms with Crippen LogP contribution in [0.2, 0.25) is 0 Å². The van der Waals surface area contributed by atoms with Crippen molar-refractivity contribution < 1.29 is 14.3 Å². The number of carbonyl (C=O) groups excluding carboxylic acids is 2. The van der Waals surface area contributed by atoms with E-state index in [9.17, 15) is 9.59 Å². The molecule has 0 fully saturated rings. The quantitative estimate of drug-likeness (QED) is 0.665. The summed E-state index contributed by atoms with van der Waals surface area (Å²) in [7, 11) is 0. The average molecular weight is 433 g/mol. The van der Waals surface area contributed by atoms with Crippen molar-refractivity contribution in [3.8, 4) is 5.75 Å². The van der Waals surface area contributed by atoms with Crippen LogP contribution in [0.25, 0.3) is 0 Å². The monoisotopic (exact) mass is 432 g/mol. The third-order valence-electron chi connectivity index (χ3n) is 4.11. The summed E-state index contributed by atoms with van der Waals surface area (Å²) in [5, 5.41) is 5.74. The highest BCUT2D eigenvalue weighted by molar-refractivity contribution is 9.10. The highest BCUT2D eigenvalue weighted by Gasteiger charge is 2.25. The van der Waals surface area contributed by atoms with Gasteiger partial charge in [-0.3, -0.25) is 9.59 Å². The first-order chi connectivity index (χ1) is 12.9. The minimum Gasteiger partial charge on any atom is -0.484 e. The molecular weight excluding hydrogens is 408 g/mol. The molecule has 0 saturated heterocycles. The van der Waals surface area contributed by atoms with Gasteiger partial charge in [0.25, 0.3) is 5.91 Å². The van der Waals surface area contributed by atoms with Crippen LogP contribution in [0.3, 0.4) is 0 Å². The molecule has 0 saturated carbocycles. The topological polar surface area (TPSA) is 67.4 Å². The molecule has 2 aromatic rings. The predicted molar refractivity (Wildman–Crippen MR) is 109 cm³/mol. The van der Waals surface area contributed by atoms with Crippen molar-refractivity contribution in [3.05, 3.63) is 64.6 Å². The number of para-hydroxylation sites is 1. The van der Waals surface area contributed by atoms with E-state index in [4.69, 9.17) is 4.74 Å². The van der Waals surface area contributed by atoms with Gasteiger partial charge in [-0.05, 0) is 42.7 Å². The first-order valence-corrected chi connectivity index (χ1v) is 9.69. The maximum atomic E-state index is 12.7. The molecule has 2 amide bonds. The smallest absolute Gasteiger partial charge is 0.258 e. The second kappa shape index (κ2) is 10.1. The lowest BCUT2D eigenvalue weighted by molar-refractivity contribution is -0.131. The van der Waals surface area contributed by atoms with Gasteiger partial charge >= 0.3 is 0 Å². The largest absolute Gasteiger partial charge is 0.484 e. The van der Waals surface area contributed by atoms with Crippen molar-refractivity contribution in [2.45, 2.75) is 32.9 Å². The third-order valence-corrected chi connectivity index (χ3v) is 4.64. The first-order valence-electron chi connectivity index (χ1n) is 8.90. The van der Waals surface area contributed by atoms with Crippen LogP contribution in [-0.2, 0) is 9.59 Å². The van der Waals surface area contributed by atoms with E-state index in [0.29, 0.717) is 5.75 Å². The summed E-state index contributed by atoms with van der Waals surface area (Å²) < 4.78 is 6.42. The summed E-state index contributed by atoms with van der Waals surface area (Å²) >= 11 is 3.40. The highest BCUT2D eigenvalue weighted by Crippen LogP contribution is 2.17. The van der Waals surface area contributed by atoms with Gasteiger partial charge in [0, 0.05) is 4.47 Å². The van der Waals surface area contributed by atoms with E-state index in [2.05, 4.69) is 26.6 Å². The van der Waals surface area contributed by atoms with E-state index in [1.54, 1.807) is 12.1 Å². The molecule has 0 bridgehead atoms. The lowest BCUT2D eigenvalue weighted by Gasteiger charge is -2.24. The molecule has 6 heteroatoms. The van der Waals surface area contributed by atoms with Gasteiger partial charge in [-0.2, -0.15) is 0 Å². The van der Waals surface area contributed by atoms with Crippen LogP contribution in [-0.4, -0.2) is 24.5 Å². The number of carbonyl (C=O) groups is 2. The molecule has 0 heterocycles. The molecule has 0 spiro atoms. The molecular formula is C21H25BrN2O3. The first kappa shape index (κ1) is 21.0. The Kier molecular flexibility index (Phi) is 7.85. The van der Waals surface area contributed by atoms with Crippen molar-refractivity contribution in [3.63, 3.8) is 0 Å². The molecule has 0 aliphatic carbocycles. The van der Waals surface area contributed by atoms with Crippen LogP contribution in [0.5, 0.6) is 5.75 Å². The predicted octanol–water partition coefficient (Wildman–Crippen LogP) is 3.85. The average Bonchev–Trinajstić information content (AvgIpc) is 2.65. The van der Waals surface area contributed by atoms with Gasteiger partial charge in [-0.15, -0.1) is 0 Å². The zero-order valence-corrected chi connectivity index (χ0v) is 17.3. The van der Waals surface area contributed by atoms with Gasteiger partial charge < -0.3 is 15.4 Å². The van der Waals surface area contributed by atoms with Gasteiger partial charge in [0.05, 0.1) is 6.04 Å². The molecule has 144 valence electrons. The fourth-order valence-corrected chi connectivity index (χ4v) is 2.82. The lowest BCUT2D eigenvalue weighted by atomic mass is 10.0. The van der Waals surface area contributed by atoms with Crippen molar-refractivity contribution in [2.24, 2.45) is 5.92 Å². The summed E-state index contributed by atoms with van der Waals surface area (Å²) in [5.74, 6) is 0.0160. The summed E-state index contributed by atoms with van der Waals surface area (Å²) in [6.45, 7) is 5.57. The van der Waals surface area contributed by atoms with Gasteiger partial charge in [0.2, 0.25) is 5.91 Å². The van der Waals surface area contributed by atoms with Gasteiger partial charge in [0.1, 0.15) is 11.8 Å². The SMILES string of the molecule is CC(NC(=O)C(NC(=O)COc1ccccc1)C(C)C)c1ccc(Br)cc1. The number of hydrogen-bond acceptors (Lipinski definition) is 3. The van der Waals surface area contributed by atoms with E-state index in [1.165, 1.54) is 0 Å². The Hall–Kier alpha value is -2.34. The molecule has 2 atom stereocenters. The van der Waals surface area contributed by atoms with Gasteiger partial charge in [0.15, 0.2) is 6.61 Å². The second-order valence-electron chi connectivity index (χ2n) is 6.67.